The summed E-state index contributed by atoms with van der Waals surface area (Å²) in [6.45, 7) is 4.59. The first-order valence-electron chi connectivity index (χ1n) is 6.80. The van der Waals surface area contributed by atoms with Gasteiger partial charge in [0.15, 0.2) is 5.16 Å². The van der Waals surface area contributed by atoms with Gasteiger partial charge in [0.2, 0.25) is 0 Å². The third-order valence-electron chi connectivity index (χ3n) is 2.88. The van der Waals surface area contributed by atoms with Crippen molar-refractivity contribution in [3.8, 4) is 11.4 Å². The molecule has 0 radical (unpaired) electrons. The van der Waals surface area contributed by atoms with Crippen LogP contribution in [0.4, 0.5) is 0 Å². The number of rotatable bonds is 7. The van der Waals surface area contributed by atoms with Crippen LogP contribution in [0.2, 0.25) is 0 Å². The highest BCUT2D eigenvalue weighted by Gasteiger charge is 2.13. The van der Waals surface area contributed by atoms with Crippen LogP contribution in [0, 0.1) is 0 Å². The van der Waals surface area contributed by atoms with Crippen molar-refractivity contribution in [2.75, 3.05) is 12.4 Å². The van der Waals surface area contributed by atoms with Gasteiger partial charge in [0.1, 0.15) is 5.75 Å². The predicted octanol–water partition coefficient (Wildman–Crippen LogP) is 3.01. The summed E-state index contributed by atoms with van der Waals surface area (Å²) in [7, 11) is 0. The summed E-state index contributed by atoms with van der Waals surface area (Å²) in [4.78, 5) is 15.1. The molecule has 0 saturated heterocycles. The van der Waals surface area contributed by atoms with Crippen LogP contribution in [0.25, 0.3) is 5.69 Å². The maximum atomic E-state index is 10.8. The maximum absolute atomic E-state index is 10.8. The van der Waals surface area contributed by atoms with Crippen molar-refractivity contribution in [3.63, 3.8) is 0 Å². The molecule has 0 saturated carbocycles. The van der Waals surface area contributed by atoms with Crippen molar-refractivity contribution < 1.29 is 14.6 Å². The fraction of sp³-hybridized carbons (Fsp3) is 0.333. The molecular formula is C15H18N2O3S. The molecule has 1 heterocycles. The van der Waals surface area contributed by atoms with Crippen molar-refractivity contribution in [3.05, 3.63) is 36.2 Å². The number of thioether (sulfide) groups is 1. The van der Waals surface area contributed by atoms with Crippen molar-refractivity contribution in [2.24, 2.45) is 0 Å². The highest BCUT2D eigenvalue weighted by atomic mass is 32.2. The Bertz CT molecular complexity index is 625. The minimum atomic E-state index is -0.851. The Hall–Kier alpha value is -1.95. The monoisotopic (exact) mass is 306 g/mol. The summed E-state index contributed by atoms with van der Waals surface area (Å²) < 4.78 is 7.50. The lowest BCUT2D eigenvalue weighted by Crippen LogP contribution is -2.04. The molecule has 21 heavy (non-hydrogen) atoms. The molecule has 2 aromatic rings. The molecule has 0 fully saturated rings. The highest BCUT2D eigenvalue weighted by molar-refractivity contribution is 7.99. The second kappa shape index (κ2) is 7.17. The number of hydrogen-bond acceptors (Lipinski definition) is 4. The van der Waals surface area contributed by atoms with Crippen LogP contribution in [0.15, 0.2) is 35.6 Å². The number of hydrogen-bond donors (Lipinski definition) is 1. The second-order valence-corrected chi connectivity index (χ2v) is 5.28. The molecule has 1 aromatic carbocycles. The van der Waals surface area contributed by atoms with Gasteiger partial charge in [-0.2, -0.15) is 0 Å². The molecule has 0 amide bonds. The normalized spacial score (nSPS) is 10.6. The number of aliphatic carboxylic acids is 1. The topological polar surface area (TPSA) is 64.4 Å². The number of aryl methyl sites for hydroxylation is 1. The van der Waals surface area contributed by atoms with Gasteiger partial charge >= 0.3 is 5.97 Å². The summed E-state index contributed by atoms with van der Waals surface area (Å²) in [5.41, 5.74) is 1.97. The minimum Gasteiger partial charge on any atom is -0.494 e. The van der Waals surface area contributed by atoms with E-state index >= 15 is 0 Å². The fourth-order valence-corrected chi connectivity index (χ4v) is 2.73. The number of nitrogens with zero attached hydrogens (tertiary/aromatic N) is 2. The third-order valence-corrected chi connectivity index (χ3v) is 3.81. The lowest BCUT2D eigenvalue weighted by atomic mass is 10.2. The van der Waals surface area contributed by atoms with Crippen molar-refractivity contribution in [1.29, 1.82) is 0 Å². The van der Waals surface area contributed by atoms with E-state index in [0.717, 1.165) is 23.6 Å². The molecular weight excluding hydrogens is 288 g/mol. The van der Waals surface area contributed by atoms with Crippen molar-refractivity contribution >= 4 is 17.7 Å². The summed E-state index contributed by atoms with van der Waals surface area (Å²) in [5.74, 6) is -0.0682. The van der Waals surface area contributed by atoms with E-state index in [2.05, 4.69) is 4.98 Å². The SMILES string of the molecule is CCOc1cccc(-n2c(CC)cnc2SCC(=O)O)c1. The Morgan fingerprint density at radius 1 is 1.43 bits per heavy atom. The first-order chi connectivity index (χ1) is 10.2. The van der Waals surface area contributed by atoms with Crippen molar-refractivity contribution in [2.45, 2.75) is 25.4 Å². The van der Waals surface area contributed by atoms with E-state index in [1.165, 1.54) is 11.8 Å². The summed E-state index contributed by atoms with van der Waals surface area (Å²) in [6, 6.07) is 7.73. The minimum absolute atomic E-state index is 0.00861. The zero-order valence-corrected chi connectivity index (χ0v) is 12.9. The van der Waals surface area contributed by atoms with Crippen LogP contribution in [-0.4, -0.2) is 33.0 Å². The van der Waals surface area contributed by atoms with Crippen molar-refractivity contribution in [1.82, 2.24) is 9.55 Å². The fourth-order valence-electron chi connectivity index (χ4n) is 2.00. The zero-order chi connectivity index (χ0) is 15.2. The van der Waals surface area contributed by atoms with Gasteiger partial charge in [0, 0.05) is 18.0 Å². The standard InChI is InChI=1S/C15H18N2O3S/c1-3-11-9-16-15(21-10-14(18)19)17(11)12-6-5-7-13(8-12)20-4-2/h5-9H,3-4,10H2,1-2H3,(H,18,19). The Balaban J connectivity index is 2.38. The van der Waals surface area contributed by atoms with Crippen LogP contribution < -0.4 is 4.74 Å². The Morgan fingerprint density at radius 3 is 2.90 bits per heavy atom. The van der Waals surface area contributed by atoms with E-state index in [-0.39, 0.29) is 5.75 Å². The van der Waals surface area contributed by atoms with Crippen LogP contribution >= 0.6 is 11.8 Å². The van der Waals surface area contributed by atoms with Gasteiger partial charge in [-0.15, -0.1) is 0 Å². The molecule has 1 N–H and O–H groups in total. The first-order valence-corrected chi connectivity index (χ1v) is 7.78. The lowest BCUT2D eigenvalue weighted by molar-refractivity contribution is -0.133. The van der Waals surface area contributed by atoms with Gasteiger partial charge < -0.3 is 9.84 Å². The molecule has 0 aliphatic carbocycles. The van der Waals surface area contributed by atoms with Gasteiger partial charge in [0.25, 0.3) is 0 Å². The van der Waals surface area contributed by atoms with Gasteiger partial charge in [0.05, 0.1) is 18.0 Å². The average Bonchev–Trinajstić information content (AvgIpc) is 2.88. The third kappa shape index (κ3) is 3.78. The Kier molecular flexibility index (Phi) is 5.27. The first kappa shape index (κ1) is 15.4. The van der Waals surface area contributed by atoms with Crippen LogP contribution in [0.3, 0.4) is 0 Å². The predicted molar refractivity (Wildman–Crippen MR) is 82.5 cm³/mol. The number of carboxylic acids is 1. The zero-order valence-electron chi connectivity index (χ0n) is 12.1. The molecule has 0 atom stereocenters. The second-order valence-electron chi connectivity index (χ2n) is 4.33. The number of carboxylic acid groups (broad SMARTS) is 1. The number of ether oxygens (including phenoxy) is 1. The lowest BCUT2D eigenvalue weighted by Gasteiger charge is -2.12. The van der Waals surface area contributed by atoms with E-state index in [9.17, 15) is 4.79 Å². The molecule has 0 bridgehead atoms. The smallest absolute Gasteiger partial charge is 0.313 e. The number of imidazole rings is 1. The summed E-state index contributed by atoms with van der Waals surface area (Å²) >= 11 is 1.22. The van der Waals surface area contributed by atoms with Crippen LogP contribution in [-0.2, 0) is 11.2 Å². The molecule has 0 aliphatic heterocycles. The van der Waals surface area contributed by atoms with Crippen LogP contribution in [0.5, 0.6) is 5.75 Å². The summed E-state index contributed by atoms with van der Waals surface area (Å²) in [6.07, 6.45) is 2.61. The van der Waals surface area contributed by atoms with E-state index in [1.807, 2.05) is 42.7 Å². The highest BCUT2D eigenvalue weighted by Crippen LogP contribution is 2.26. The van der Waals surface area contributed by atoms with Crippen LogP contribution in [0.1, 0.15) is 19.5 Å². The molecule has 1 aromatic heterocycles. The quantitative estimate of drug-likeness (QED) is 0.797. The van der Waals surface area contributed by atoms with Gasteiger partial charge in [-0.3, -0.25) is 9.36 Å². The molecule has 0 aliphatic rings. The summed E-state index contributed by atoms with van der Waals surface area (Å²) in [5, 5.41) is 9.52. The molecule has 0 unspecified atom stereocenters. The van der Waals surface area contributed by atoms with E-state index in [4.69, 9.17) is 9.84 Å². The maximum Gasteiger partial charge on any atom is 0.313 e. The van der Waals surface area contributed by atoms with E-state index in [1.54, 1.807) is 6.20 Å². The number of benzene rings is 1. The Morgan fingerprint density at radius 2 is 2.24 bits per heavy atom. The average molecular weight is 306 g/mol. The molecule has 6 heteroatoms. The van der Waals surface area contributed by atoms with Gasteiger partial charge in [-0.25, -0.2) is 4.98 Å². The molecule has 112 valence electrons. The van der Waals surface area contributed by atoms with Gasteiger partial charge in [-0.1, -0.05) is 24.8 Å². The number of carbonyl (C=O) groups is 1. The van der Waals surface area contributed by atoms with Gasteiger partial charge in [-0.05, 0) is 25.5 Å². The van der Waals surface area contributed by atoms with E-state index in [0.29, 0.717) is 11.8 Å². The largest absolute Gasteiger partial charge is 0.494 e. The number of aromatic nitrogens is 2. The molecule has 2 rings (SSSR count). The molecule has 5 nitrogen and oxygen atoms in total. The Labute approximate surface area is 128 Å². The molecule has 0 spiro atoms. The van der Waals surface area contributed by atoms with E-state index < -0.39 is 5.97 Å².